The van der Waals surface area contributed by atoms with Crippen LogP contribution in [0.5, 0.6) is 0 Å². The molecule has 0 aliphatic heterocycles. The molecule has 0 aliphatic rings. The summed E-state index contributed by atoms with van der Waals surface area (Å²) in [5.74, 6) is -5.09. The van der Waals surface area contributed by atoms with E-state index in [4.69, 9.17) is 16.6 Å². The molecule has 1 aromatic heterocycles. The van der Waals surface area contributed by atoms with Crippen LogP contribution in [0, 0.1) is 0 Å². The zero-order valence-electron chi connectivity index (χ0n) is 17.0. The molecule has 0 radical (unpaired) electrons. The van der Waals surface area contributed by atoms with Gasteiger partial charge in [-0.3, -0.25) is 19.2 Å². The lowest BCUT2D eigenvalue weighted by Gasteiger charge is -2.22. The van der Waals surface area contributed by atoms with Gasteiger partial charge in [0.1, 0.15) is 12.1 Å². The second kappa shape index (κ2) is 10.9. The molecule has 1 aromatic carbocycles. The maximum atomic E-state index is 12.9. The van der Waals surface area contributed by atoms with Crippen LogP contribution in [-0.2, 0) is 30.4 Å². The predicted octanol–water partition coefficient (Wildman–Crippen LogP) is -1.17. The maximum Gasteiger partial charge on any atom is 0.326 e. The molecule has 2 aromatic rings. The second-order valence-corrected chi connectivity index (χ2v) is 7.23. The van der Waals surface area contributed by atoms with E-state index in [2.05, 4.69) is 15.6 Å². The number of carbonyl (C=O) groups is 5. The number of aromatic nitrogens is 1. The lowest BCUT2D eigenvalue weighted by atomic mass is 10.0. The van der Waals surface area contributed by atoms with Gasteiger partial charge in [0.15, 0.2) is 0 Å². The normalized spacial score (nSPS) is 13.7. The van der Waals surface area contributed by atoms with Crippen LogP contribution in [0.3, 0.4) is 0 Å². The number of fused-ring (bicyclic) bond motifs is 1. The number of primary amides is 1. The van der Waals surface area contributed by atoms with Crippen LogP contribution in [0.4, 0.5) is 0 Å². The molecule has 2 rings (SSSR count). The Morgan fingerprint density at radius 1 is 1.00 bits per heavy atom. The Morgan fingerprint density at radius 3 is 2.28 bits per heavy atom. The first kappa shape index (κ1) is 24.3. The van der Waals surface area contributed by atoms with Crippen LogP contribution in [0.25, 0.3) is 10.9 Å². The van der Waals surface area contributed by atoms with Crippen LogP contribution in [0.1, 0.15) is 24.8 Å². The Labute approximate surface area is 182 Å². The summed E-state index contributed by atoms with van der Waals surface area (Å²) in [7, 11) is 0. The van der Waals surface area contributed by atoms with E-state index in [0.29, 0.717) is 5.56 Å². The van der Waals surface area contributed by atoms with Crippen LogP contribution in [-0.4, -0.2) is 63.0 Å². The van der Waals surface area contributed by atoms with Crippen LogP contribution in [0.15, 0.2) is 30.5 Å². The van der Waals surface area contributed by atoms with Gasteiger partial charge in [0.2, 0.25) is 17.7 Å². The third-order valence-corrected chi connectivity index (χ3v) is 4.75. The van der Waals surface area contributed by atoms with Crippen molar-refractivity contribution >= 4 is 40.6 Å². The van der Waals surface area contributed by atoms with Gasteiger partial charge >= 0.3 is 11.9 Å². The van der Waals surface area contributed by atoms with E-state index < -0.39 is 60.6 Å². The van der Waals surface area contributed by atoms with Crippen LogP contribution >= 0.6 is 0 Å². The lowest BCUT2D eigenvalue weighted by Crippen LogP contribution is -2.55. The number of H-pyrrole nitrogens is 1. The van der Waals surface area contributed by atoms with Gasteiger partial charge in [-0.05, 0) is 18.1 Å². The topological polar surface area (TPSA) is 218 Å². The van der Waals surface area contributed by atoms with E-state index in [1.54, 1.807) is 12.3 Å². The molecule has 0 saturated carbocycles. The van der Waals surface area contributed by atoms with Gasteiger partial charge < -0.3 is 37.3 Å². The molecule has 0 saturated heterocycles. The molecule has 3 amide bonds. The number of benzene rings is 1. The summed E-state index contributed by atoms with van der Waals surface area (Å²) in [5.41, 5.74) is 12.2. The number of carbonyl (C=O) groups excluding carboxylic acids is 3. The summed E-state index contributed by atoms with van der Waals surface area (Å²) >= 11 is 0. The molecule has 0 aliphatic carbocycles. The molecular weight excluding hydrogens is 422 g/mol. The van der Waals surface area contributed by atoms with Crippen molar-refractivity contribution in [2.45, 2.75) is 43.8 Å². The Kier molecular flexibility index (Phi) is 8.30. The van der Waals surface area contributed by atoms with E-state index in [9.17, 15) is 29.1 Å². The average molecular weight is 447 g/mol. The van der Waals surface area contributed by atoms with Crippen molar-refractivity contribution in [2.24, 2.45) is 11.5 Å². The number of rotatable bonds is 12. The van der Waals surface area contributed by atoms with Crippen molar-refractivity contribution in [3.63, 3.8) is 0 Å². The summed E-state index contributed by atoms with van der Waals surface area (Å²) < 4.78 is 0. The van der Waals surface area contributed by atoms with Gasteiger partial charge in [0.05, 0.1) is 12.5 Å². The van der Waals surface area contributed by atoms with Gasteiger partial charge in [-0.25, -0.2) is 4.79 Å². The highest BCUT2D eigenvalue weighted by atomic mass is 16.4. The lowest BCUT2D eigenvalue weighted by molar-refractivity contribution is -0.143. The smallest absolute Gasteiger partial charge is 0.326 e. The second-order valence-electron chi connectivity index (χ2n) is 7.23. The highest BCUT2D eigenvalue weighted by Crippen LogP contribution is 2.19. The number of hydrogen-bond donors (Lipinski definition) is 7. The van der Waals surface area contributed by atoms with E-state index in [1.807, 2.05) is 18.2 Å². The van der Waals surface area contributed by atoms with Crippen LogP contribution < -0.4 is 22.1 Å². The summed E-state index contributed by atoms with van der Waals surface area (Å²) in [4.78, 5) is 61.6. The Hall–Kier alpha value is -3.93. The monoisotopic (exact) mass is 447 g/mol. The number of aliphatic carboxylic acids is 2. The zero-order chi connectivity index (χ0) is 23.8. The molecule has 9 N–H and O–H groups in total. The molecule has 3 atom stereocenters. The zero-order valence-corrected chi connectivity index (χ0v) is 17.0. The fourth-order valence-corrected chi connectivity index (χ4v) is 3.12. The molecule has 12 nitrogen and oxygen atoms in total. The summed E-state index contributed by atoms with van der Waals surface area (Å²) in [6.07, 6.45) is 0.380. The van der Waals surface area contributed by atoms with Gasteiger partial charge in [-0.15, -0.1) is 0 Å². The largest absolute Gasteiger partial charge is 0.481 e. The molecule has 32 heavy (non-hydrogen) atoms. The van der Waals surface area contributed by atoms with E-state index in [1.165, 1.54) is 0 Å². The molecule has 0 bridgehead atoms. The number of aromatic amines is 1. The van der Waals surface area contributed by atoms with Gasteiger partial charge in [-0.2, -0.15) is 0 Å². The Balaban J connectivity index is 2.24. The maximum absolute atomic E-state index is 12.9. The number of nitrogens with one attached hydrogen (secondary N) is 3. The SMILES string of the molecule is NC(=O)C[C@H](N)C(=O)N[C@@H](Cc1c[nH]c2ccccc12)C(=O)N[C@@H](CCC(=O)O)C(=O)O. The van der Waals surface area contributed by atoms with Crippen molar-refractivity contribution in [1.29, 1.82) is 0 Å². The third kappa shape index (κ3) is 6.80. The average Bonchev–Trinajstić information content (AvgIpc) is 3.12. The molecule has 172 valence electrons. The van der Waals surface area contributed by atoms with Crippen molar-refractivity contribution in [3.8, 4) is 0 Å². The minimum Gasteiger partial charge on any atom is -0.481 e. The molecule has 0 unspecified atom stereocenters. The predicted molar refractivity (Wildman–Crippen MR) is 112 cm³/mol. The third-order valence-electron chi connectivity index (χ3n) is 4.75. The fraction of sp³-hybridized carbons (Fsp3) is 0.350. The van der Waals surface area contributed by atoms with E-state index >= 15 is 0 Å². The number of hydrogen-bond acceptors (Lipinski definition) is 6. The standard InChI is InChI=1S/C20H25N5O7/c21-12(8-16(22)26)18(29)25-15(7-10-9-23-13-4-2-1-3-11(10)13)19(30)24-14(20(31)32)5-6-17(27)28/h1-4,9,12,14-15,23H,5-8,21H2,(H2,22,26)(H,24,30)(H,25,29)(H,27,28)(H,31,32)/t12-,14-,15-/m0/s1. The van der Waals surface area contributed by atoms with Crippen LogP contribution in [0.2, 0.25) is 0 Å². The number of para-hydroxylation sites is 1. The van der Waals surface area contributed by atoms with Gasteiger partial charge in [0.25, 0.3) is 0 Å². The highest BCUT2D eigenvalue weighted by Gasteiger charge is 2.29. The first-order valence-corrected chi connectivity index (χ1v) is 9.72. The minimum atomic E-state index is -1.47. The van der Waals surface area contributed by atoms with E-state index in [-0.39, 0.29) is 12.8 Å². The summed E-state index contributed by atoms with van der Waals surface area (Å²) in [5, 5.41) is 23.6. The number of carboxylic acid groups (broad SMARTS) is 2. The Morgan fingerprint density at radius 2 is 1.66 bits per heavy atom. The molecule has 0 fully saturated rings. The van der Waals surface area contributed by atoms with Crippen molar-refractivity contribution in [1.82, 2.24) is 15.6 Å². The van der Waals surface area contributed by atoms with Crippen molar-refractivity contribution in [2.75, 3.05) is 0 Å². The molecule has 12 heteroatoms. The Bertz CT molecular complexity index is 1020. The van der Waals surface area contributed by atoms with E-state index in [0.717, 1.165) is 10.9 Å². The summed E-state index contributed by atoms with van der Waals surface area (Å²) in [6.45, 7) is 0. The first-order valence-electron chi connectivity index (χ1n) is 9.72. The number of nitrogens with two attached hydrogens (primary N) is 2. The number of carboxylic acids is 2. The molecule has 1 heterocycles. The van der Waals surface area contributed by atoms with Crippen molar-refractivity contribution in [3.05, 3.63) is 36.0 Å². The minimum absolute atomic E-state index is 0.0177. The summed E-state index contributed by atoms with van der Waals surface area (Å²) in [6, 6.07) is 3.23. The quantitative estimate of drug-likeness (QED) is 0.210. The van der Waals surface area contributed by atoms with Crippen molar-refractivity contribution < 1.29 is 34.2 Å². The van der Waals surface area contributed by atoms with Gasteiger partial charge in [-0.1, -0.05) is 18.2 Å². The number of amides is 3. The first-order chi connectivity index (χ1) is 15.1. The molecular formula is C20H25N5O7. The highest BCUT2D eigenvalue weighted by molar-refractivity contribution is 5.94. The van der Waals surface area contributed by atoms with Gasteiger partial charge in [0, 0.05) is 29.9 Å². The fourth-order valence-electron chi connectivity index (χ4n) is 3.12. The molecule has 0 spiro atoms.